The van der Waals surface area contributed by atoms with Crippen molar-refractivity contribution in [2.45, 2.75) is 0 Å². The van der Waals surface area contributed by atoms with E-state index < -0.39 is 6.16 Å². The van der Waals surface area contributed by atoms with Gasteiger partial charge >= 0.3 is 6.16 Å². The summed E-state index contributed by atoms with van der Waals surface area (Å²) in [6.45, 7) is 0. The quantitative estimate of drug-likeness (QED) is 0.699. The topological polar surface area (TPSA) is 59.4 Å². The molecule has 70 valence electrons. The summed E-state index contributed by atoms with van der Waals surface area (Å²) in [7, 11) is 0. The van der Waals surface area contributed by atoms with Crippen LogP contribution in [0.4, 0.5) is 4.79 Å². The summed E-state index contributed by atoms with van der Waals surface area (Å²) in [5.74, 6) is 0.308. The molecule has 1 heterocycles. The van der Waals surface area contributed by atoms with Crippen molar-refractivity contribution in [2.24, 2.45) is 0 Å². The fourth-order valence-corrected chi connectivity index (χ4v) is 1.25. The first kappa shape index (κ1) is 8.50. The van der Waals surface area contributed by atoms with E-state index in [1.54, 1.807) is 18.2 Å². The van der Waals surface area contributed by atoms with Crippen LogP contribution < -0.4 is 4.74 Å². The second-order valence-electron chi connectivity index (χ2n) is 2.69. The lowest BCUT2D eigenvalue weighted by Crippen LogP contribution is -2.03. The van der Waals surface area contributed by atoms with Gasteiger partial charge in [0.1, 0.15) is 5.75 Å². The van der Waals surface area contributed by atoms with Crippen molar-refractivity contribution >= 4 is 17.1 Å². The Balaban J connectivity index is 2.59. The Kier molecular flexibility index (Phi) is 2.02. The fourth-order valence-electron chi connectivity index (χ4n) is 1.25. The van der Waals surface area contributed by atoms with Crippen LogP contribution >= 0.6 is 0 Å². The number of fused-ring (bicyclic) bond motifs is 1. The van der Waals surface area contributed by atoms with Crippen molar-refractivity contribution in [1.29, 1.82) is 0 Å². The van der Waals surface area contributed by atoms with Gasteiger partial charge in [0, 0.05) is 17.6 Å². The van der Waals surface area contributed by atoms with Crippen LogP contribution in [0.2, 0.25) is 0 Å². The molecule has 2 rings (SSSR count). The third-order valence-electron chi connectivity index (χ3n) is 1.81. The summed E-state index contributed by atoms with van der Waals surface area (Å²) in [6.07, 6.45) is 0.196. The van der Waals surface area contributed by atoms with Gasteiger partial charge in [0.05, 0.1) is 5.52 Å². The van der Waals surface area contributed by atoms with Gasteiger partial charge in [-0.2, -0.15) is 0 Å². The molecular weight excluding hydrogens is 182 g/mol. The first-order valence-electron chi connectivity index (χ1n) is 4.02. The minimum atomic E-state index is -1.32. The van der Waals surface area contributed by atoms with Crippen LogP contribution in [-0.2, 0) is 0 Å². The van der Waals surface area contributed by atoms with Crippen LogP contribution in [0.3, 0.4) is 0 Å². The molecule has 0 bridgehead atoms. The van der Waals surface area contributed by atoms with Gasteiger partial charge in [-0.1, -0.05) is 12.1 Å². The van der Waals surface area contributed by atoms with Crippen molar-refractivity contribution in [1.82, 2.24) is 4.98 Å². The standard InChI is InChI=1S/C10H7NO3/c12-10(13)14-9-5-6-11-8-4-2-1-3-7(8)9/h1-6H,(H,12,13). The molecule has 0 atom stereocenters. The third kappa shape index (κ3) is 1.50. The maximum absolute atomic E-state index is 10.4. The van der Waals surface area contributed by atoms with Crippen LogP contribution in [0.25, 0.3) is 10.9 Å². The minimum absolute atomic E-state index is 0.308. The van der Waals surface area contributed by atoms with E-state index in [0.29, 0.717) is 16.7 Å². The van der Waals surface area contributed by atoms with Crippen molar-refractivity contribution in [3.63, 3.8) is 0 Å². The number of aromatic nitrogens is 1. The molecule has 1 aromatic heterocycles. The van der Waals surface area contributed by atoms with Crippen molar-refractivity contribution < 1.29 is 14.6 Å². The van der Waals surface area contributed by atoms with Gasteiger partial charge in [-0.15, -0.1) is 0 Å². The molecule has 0 radical (unpaired) electrons. The number of nitrogens with zero attached hydrogens (tertiary/aromatic N) is 1. The second-order valence-corrected chi connectivity index (χ2v) is 2.69. The zero-order chi connectivity index (χ0) is 9.97. The van der Waals surface area contributed by atoms with Gasteiger partial charge in [-0.3, -0.25) is 4.98 Å². The lowest BCUT2D eigenvalue weighted by atomic mass is 10.2. The molecule has 0 saturated heterocycles. The Hall–Kier alpha value is -2.10. The summed E-state index contributed by atoms with van der Waals surface area (Å²) in [5.41, 5.74) is 0.714. The predicted octanol–water partition coefficient (Wildman–Crippen LogP) is 2.29. The summed E-state index contributed by atoms with van der Waals surface area (Å²) in [4.78, 5) is 14.4. The maximum atomic E-state index is 10.4. The number of benzene rings is 1. The van der Waals surface area contributed by atoms with E-state index in [1.807, 2.05) is 6.07 Å². The molecule has 1 N–H and O–H groups in total. The zero-order valence-electron chi connectivity index (χ0n) is 7.18. The Morgan fingerprint density at radius 2 is 2.07 bits per heavy atom. The Morgan fingerprint density at radius 3 is 2.86 bits per heavy atom. The average molecular weight is 189 g/mol. The fraction of sp³-hybridized carbons (Fsp3) is 0. The molecule has 4 nitrogen and oxygen atoms in total. The summed E-state index contributed by atoms with van der Waals surface area (Å²) in [5, 5.41) is 9.18. The third-order valence-corrected chi connectivity index (χ3v) is 1.81. The van der Waals surface area contributed by atoms with Crippen LogP contribution in [-0.4, -0.2) is 16.2 Å². The SMILES string of the molecule is O=C(O)Oc1ccnc2ccccc12. The molecule has 0 amide bonds. The van der Waals surface area contributed by atoms with Crippen LogP contribution in [0.1, 0.15) is 0 Å². The van der Waals surface area contributed by atoms with E-state index in [9.17, 15) is 4.79 Å². The summed E-state index contributed by atoms with van der Waals surface area (Å²) >= 11 is 0. The Labute approximate surface area is 79.8 Å². The number of carbonyl (C=O) groups is 1. The summed E-state index contributed by atoms with van der Waals surface area (Å²) in [6, 6.07) is 8.72. The highest BCUT2D eigenvalue weighted by atomic mass is 16.7. The largest absolute Gasteiger partial charge is 0.511 e. The highest BCUT2D eigenvalue weighted by Gasteiger charge is 2.05. The van der Waals surface area contributed by atoms with E-state index in [0.717, 1.165) is 0 Å². The molecule has 0 spiro atoms. The maximum Gasteiger partial charge on any atom is 0.511 e. The summed E-state index contributed by atoms with van der Waals surface area (Å²) < 4.78 is 4.60. The number of rotatable bonds is 1. The van der Waals surface area contributed by atoms with Crippen LogP contribution in [0.15, 0.2) is 36.5 Å². The van der Waals surface area contributed by atoms with Gasteiger partial charge in [-0.25, -0.2) is 4.79 Å². The van der Waals surface area contributed by atoms with Gasteiger partial charge in [0.15, 0.2) is 0 Å². The first-order valence-corrected chi connectivity index (χ1v) is 4.02. The molecule has 0 fully saturated rings. The highest BCUT2D eigenvalue weighted by molar-refractivity contribution is 5.86. The lowest BCUT2D eigenvalue weighted by molar-refractivity contribution is 0.145. The number of ether oxygens (including phenoxy) is 1. The molecular formula is C10H7NO3. The average Bonchev–Trinajstić information content (AvgIpc) is 2.18. The predicted molar refractivity (Wildman–Crippen MR) is 50.4 cm³/mol. The number of hydrogen-bond donors (Lipinski definition) is 1. The van der Waals surface area contributed by atoms with Crippen molar-refractivity contribution in [2.75, 3.05) is 0 Å². The smallest absolute Gasteiger partial charge is 0.449 e. The van der Waals surface area contributed by atoms with Crippen molar-refractivity contribution in [3.05, 3.63) is 36.5 Å². The molecule has 0 saturated carbocycles. The lowest BCUT2D eigenvalue weighted by Gasteiger charge is -2.02. The Morgan fingerprint density at radius 1 is 1.29 bits per heavy atom. The Bertz CT molecular complexity index is 476. The van der Waals surface area contributed by atoms with Crippen LogP contribution in [0, 0.1) is 0 Å². The van der Waals surface area contributed by atoms with Gasteiger partial charge in [0.2, 0.25) is 0 Å². The minimum Gasteiger partial charge on any atom is -0.449 e. The number of pyridine rings is 1. The van der Waals surface area contributed by atoms with E-state index in [1.165, 1.54) is 12.3 Å². The van der Waals surface area contributed by atoms with Crippen LogP contribution in [0.5, 0.6) is 5.75 Å². The van der Waals surface area contributed by atoms with Gasteiger partial charge in [-0.05, 0) is 12.1 Å². The molecule has 0 aliphatic carbocycles. The van der Waals surface area contributed by atoms with E-state index in [-0.39, 0.29) is 0 Å². The molecule has 1 aromatic carbocycles. The molecule has 4 heteroatoms. The highest BCUT2D eigenvalue weighted by Crippen LogP contribution is 2.23. The van der Waals surface area contributed by atoms with Crippen molar-refractivity contribution in [3.8, 4) is 5.75 Å². The normalized spacial score (nSPS) is 10.0. The number of hydrogen-bond acceptors (Lipinski definition) is 3. The van der Waals surface area contributed by atoms with E-state index in [4.69, 9.17) is 5.11 Å². The second kappa shape index (κ2) is 3.33. The first-order chi connectivity index (χ1) is 6.77. The molecule has 14 heavy (non-hydrogen) atoms. The zero-order valence-corrected chi connectivity index (χ0v) is 7.18. The molecule has 0 unspecified atom stereocenters. The van der Waals surface area contributed by atoms with E-state index in [2.05, 4.69) is 9.72 Å². The van der Waals surface area contributed by atoms with Gasteiger partial charge < -0.3 is 9.84 Å². The monoisotopic (exact) mass is 189 g/mol. The molecule has 2 aromatic rings. The number of para-hydroxylation sites is 1. The molecule has 0 aliphatic heterocycles. The van der Waals surface area contributed by atoms with E-state index >= 15 is 0 Å². The molecule has 0 aliphatic rings. The number of carboxylic acid groups (broad SMARTS) is 1. The van der Waals surface area contributed by atoms with Gasteiger partial charge in [0.25, 0.3) is 0 Å².